The van der Waals surface area contributed by atoms with Gasteiger partial charge in [0.15, 0.2) is 11.5 Å². The largest absolute Gasteiger partial charge is 0.434 e. The van der Waals surface area contributed by atoms with Crippen LogP contribution in [-0.4, -0.2) is 27.1 Å². The van der Waals surface area contributed by atoms with E-state index in [0.717, 1.165) is 31.9 Å². The first-order valence-corrected chi connectivity index (χ1v) is 7.58. The van der Waals surface area contributed by atoms with E-state index in [-0.39, 0.29) is 35.6 Å². The third kappa shape index (κ3) is 3.72. The SMILES string of the molecule is O=C(Cc1noc(-c2cccnc2C(F)(F)F)n1)NC1CCCC1. The van der Waals surface area contributed by atoms with Gasteiger partial charge >= 0.3 is 6.18 Å². The lowest BCUT2D eigenvalue weighted by atomic mass is 10.2. The monoisotopic (exact) mass is 340 g/mol. The summed E-state index contributed by atoms with van der Waals surface area (Å²) in [6, 6.07) is 2.70. The average Bonchev–Trinajstić information content (AvgIpc) is 3.18. The maximum Gasteiger partial charge on any atom is 0.434 e. The molecule has 0 atom stereocenters. The van der Waals surface area contributed by atoms with Gasteiger partial charge in [0.2, 0.25) is 5.91 Å². The number of aromatic nitrogens is 3. The number of alkyl halides is 3. The molecule has 2 aromatic rings. The van der Waals surface area contributed by atoms with E-state index in [2.05, 4.69) is 20.4 Å². The number of pyridine rings is 1. The molecule has 1 fully saturated rings. The van der Waals surface area contributed by atoms with E-state index >= 15 is 0 Å². The van der Waals surface area contributed by atoms with Crippen molar-refractivity contribution in [3.05, 3.63) is 29.8 Å². The van der Waals surface area contributed by atoms with Crippen LogP contribution in [0, 0.1) is 0 Å². The van der Waals surface area contributed by atoms with Crippen LogP contribution < -0.4 is 5.32 Å². The van der Waals surface area contributed by atoms with Crippen molar-refractivity contribution >= 4 is 5.91 Å². The maximum atomic E-state index is 13.0. The van der Waals surface area contributed by atoms with E-state index in [1.165, 1.54) is 12.1 Å². The molecule has 6 nitrogen and oxygen atoms in total. The molecule has 0 bridgehead atoms. The fraction of sp³-hybridized carbons (Fsp3) is 0.467. The predicted octanol–water partition coefficient (Wildman–Crippen LogP) is 2.75. The molecule has 24 heavy (non-hydrogen) atoms. The van der Waals surface area contributed by atoms with Crippen molar-refractivity contribution < 1.29 is 22.5 Å². The quantitative estimate of drug-likeness (QED) is 0.926. The highest BCUT2D eigenvalue weighted by Crippen LogP contribution is 2.34. The van der Waals surface area contributed by atoms with Crippen LogP contribution in [0.3, 0.4) is 0 Å². The van der Waals surface area contributed by atoms with Gasteiger partial charge in [-0.25, -0.2) is 0 Å². The average molecular weight is 340 g/mol. The Morgan fingerprint density at radius 1 is 1.33 bits per heavy atom. The van der Waals surface area contributed by atoms with Gasteiger partial charge in [-0.15, -0.1) is 0 Å². The van der Waals surface area contributed by atoms with Crippen molar-refractivity contribution in [1.82, 2.24) is 20.4 Å². The van der Waals surface area contributed by atoms with Crippen LogP contribution in [0.1, 0.15) is 37.2 Å². The fourth-order valence-corrected chi connectivity index (χ4v) is 2.73. The van der Waals surface area contributed by atoms with Crippen LogP contribution in [0.15, 0.2) is 22.9 Å². The Balaban J connectivity index is 1.73. The molecule has 2 aromatic heterocycles. The molecule has 128 valence electrons. The van der Waals surface area contributed by atoms with Crippen molar-refractivity contribution in [3.8, 4) is 11.5 Å². The lowest BCUT2D eigenvalue weighted by Crippen LogP contribution is -2.33. The first kappa shape index (κ1) is 16.4. The third-order valence-corrected chi connectivity index (χ3v) is 3.81. The molecule has 2 heterocycles. The number of amides is 1. The van der Waals surface area contributed by atoms with Gasteiger partial charge in [-0.3, -0.25) is 9.78 Å². The van der Waals surface area contributed by atoms with Gasteiger partial charge in [0, 0.05) is 12.2 Å². The van der Waals surface area contributed by atoms with Crippen LogP contribution in [0.4, 0.5) is 13.2 Å². The van der Waals surface area contributed by atoms with Crippen molar-refractivity contribution in [3.63, 3.8) is 0 Å². The number of carbonyl (C=O) groups is 1. The van der Waals surface area contributed by atoms with E-state index in [9.17, 15) is 18.0 Å². The van der Waals surface area contributed by atoms with Crippen LogP contribution in [-0.2, 0) is 17.4 Å². The Morgan fingerprint density at radius 3 is 2.79 bits per heavy atom. The van der Waals surface area contributed by atoms with Crippen molar-refractivity contribution in [1.29, 1.82) is 0 Å². The smallest absolute Gasteiger partial charge is 0.353 e. The molecule has 1 aliphatic carbocycles. The van der Waals surface area contributed by atoms with Crippen molar-refractivity contribution in [2.75, 3.05) is 0 Å². The van der Waals surface area contributed by atoms with E-state index < -0.39 is 11.9 Å². The molecule has 1 N–H and O–H groups in total. The minimum Gasteiger partial charge on any atom is -0.353 e. The summed E-state index contributed by atoms with van der Waals surface area (Å²) >= 11 is 0. The lowest BCUT2D eigenvalue weighted by molar-refractivity contribution is -0.140. The maximum absolute atomic E-state index is 13.0. The molecule has 0 spiro atoms. The van der Waals surface area contributed by atoms with Crippen LogP contribution in [0.5, 0.6) is 0 Å². The number of nitrogens with one attached hydrogen (secondary N) is 1. The van der Waals surface area contributed by atoms with Gasteiger partial charge in [-0.05, 0) is 25.0 Å². The summed E-state index contributed by atoms with van der Waals surface area (Å²) in [7, 11) is 0. The van der Waals surface area contributed by atoms with Crippen LogP contribution >= 0.6 is 0 Å². The fourth-order valence-electron chi connectivity index (χ4n) is 2.73. The predicted molar refractivity (Wildman–Crippen MR) is 76.6 cm³/mol. The van der Waals surface area contributed by atoms with Gasteiger partial charge in [0.25, 0.3) is 5.89 Å². The Kier molecular flexibility index (Phi) is 4.50. The molecule has 0 unspecified atom stereocenters. The van der Waals surface area contributed by atoms with Gasteiger partial charge < -0.3 is 9.84 Å². The number of hydrogen-bond acceptors (Lipinski definition) is 5. The third-order valence-electron chi connectivity index (χ3n) is 3.81. The van der Waals surface area contributed by atoms with Crippen molar-refractivity contribution in [2.24, 2.45) is 0 Å². The molecule has 0 aromatic carbocycles. The minimum atomic E-state index is -4.63. The Morgan fingerprint density at radius 2 is 2.08 bits per heavy atom. The summed E-state index contributed by atoms with van der Waals surface area (Å²) in [5.41, 5.74) is -1.41. The Bertz CT molecular complexity index is 724. The normalized spacial score (nSPS) is 15.6. The second-order valence-electron chi connectivity index (χ2n) is 5.64. The highest BCUT2D eigenvalue weighted by molar-refractivity contribution is 5.78. The second-order valence-corrected chi connectivity index (χ2v) is 5.64. The summed E-state index contributed by atoms with van der Waals surface area (Å²) in [5, 5.41) is 6.45. The van der Waals surface area contributed by atoms with E-state index in [4.69, 9.17) is 4.52 Å². The zero-order chi connectivity index (χ0) is 17.2. The minimum absolute atomic E-state index is 0.0393. The van der Waals surface area contributed by atoms with Crippen molar-refractivity contribution in [2.45, 2.75) is 44.3 Å². The van der Waals surface area contributed by atoms with Gasteiger partial charge in [-0.1, -0.05) is 18.0 Å². The summed E-state index contributed by atoms with van der Waals surface area (Å²) in [4.78, 5) is 19.1. The summed E-state index contributed by atoms with van der Waals surface area (Å²) in [6.45, 7) is 0. The molecule has 0 aliphatic heterocycles. The molecule has 9 heteroatoms. The number of nitrogens with zero attached hydrogens (tertiary/aromatic N) is 3. The molecular weight excluding hydrogens is 325 g/mol. The zero-order valence-electron chi connectivity index (χ0n) is 12.6. The highest BCUT2D eigenvalue weighted by atomic mass is 19.4. The summed E-state index contributed by atoms with van der Waals surface area (Å²) in [6.07, 6.45) is 0.310. The number of hydrogen-bond donors (Lipinski definition) is 1. The van der Waals surface area contributed by atoms with Gasteiger partial charge in [0.05, 0.1) is 12.0 Å². The van der Waals surface area contributed by atoms with E-state index in [0.29, 0.717) is 0 Å². The molecular formula is C15H15F3N4O2. The summed E-state index contributed by atoms with van der Waals surface area (Å²) < 4.78 is 43.8. The molecule has 3 rings (SSSR count). The molecule has 1 saturated carbocycles. The standard InChI is InChI=1S/C15H15F3N4O2/c16-15(17,18)13-10(6-3-7-19-13)14-21-11(22-24-14)8-12(23)20-9-4-1-2-5-9/h3,6-7,9H,1-2,4-5,8H2,(H,20,23). The molecule has 1 amide bonds. The van der Waals surface area contributed by atoms with Crippen LogP contribution in [0.25, 0.3) is 11.5 Å². The number of carbonyl (C=O) groups excluding carboxylic acids is 1. The second kappa shape index (κ2) is 6.58. The van der Waals surface area contributed by atoms with E-state index in [1.54, 1.807) is 0 Å². The topological polar surface area (TPSA) is 80.9 Å². The highest BCUT2D eigenvalue weighted by Gasteiger charge is 2.37. The first-order chi connectivity index (χ1) is 11.4. The van der Waals surface area contributed by atoms with E-state index in [1.807, 2.05) is 0 Å². The molecule has 0 saturated heterocycles. The lowest BCUT2D eigenvalue weighted by Gasteiger charge is -2.10. The first-order valence-electron chi connectivity index (χ1n) is 7.58. The summed E-state index contributed by atoms with van der Waals surface area (Å²) in [5.74, 6) is -0.534. The molecule has 1 aliphatic rings. The molecule has 0 radical (unpaired) electrons. The Hall–Kier alpha value is -2.45. The number of halogens is 3. The van der Waals surface area contributed by atoms with Gasteiger partial charge in [0.1, 0.15) is 0 Å². The Labute approximate surface area is 135 Å². The van der Waals surface area contributed by atoms with Crippen LogP contribution in [0.2, 0.25) is 0 Å². The zero-order valence-corrected chi connectivity index (χ0v) is 12.6. The number of rotatable bonds is 4. The van der Waals surface area contributed by atoms with Gasteiger partial charge in [-0.2, -0.15) is 18.2 Å².